The first-order chi connectivity index (χ1) is 10.7. The summed E-state index contributed by atoms with van der Waals surface area (Å²) in [6.07, 6.45) is 1.01. The minimum Gasteiger partial charge on any atom is -0.496 e. The summed E-state index contributed by atoms with van der Waals surface area (Å²) in [6.45, 7) is 2.42. The first-order valence-corrected chi connectivity index (χ1v) is 7.43. The van der Waals surface area contributed by atoms with Crippen LogP contribution < -0.4 is 15.2 Å². The summed E-state index contributed by atoms with van der Waals surface area (Å²) < 4.78 is 11.2. The Morgan fingerprint density at radius 2 is 1.86 bits per heavy atom. The molecule has 2 aromatic rings. The number of hydrogen-bond donors (Lipinski definition) is 2. The Balaban J connectivity index is 2.12. The van der Waals surface area contributed by atoms with Crippen LogP contribution in [0, 0.1) is 0 Å². The molecule has 1 atom stereocenters. The minimum atomic E-state index is -0.395. The van der Waals surface area contributed by atoms with Gasteiger partial charge in [-0.05, 0) is 41.8 Å². The summed E-state index contributed by atoms with van der Waals surface area (Å²) in [7, 11) is 1.63. The Bertz CT molecular complexity index is 596. The van der Waals surface area contributed by atoms with Crippen molar-refractivity contribution in [3.05, 3.63) is 59.2 Å². The number of rotatable bonds is 7. The van der Waals surface area contributed by atoms with Gasteiger partial charge >= 0.3 is 0 Å². The van der Waals surface area contributed by atoms with Crippen LogP contribution in [-0.2, 0) is 13.0 Å². The molecular weight excluding hydrogens is 278 g/mol. The number of hydrogen-bond acceptors (Lipinski definition) is 4. The van der Waals surface area contributed by atoms with Crippen LogP contribution >= 0.6 is 0 Å². The number of ether oxygens (including phenoxy) is 2. The van der Waals surface area contributed by atoms with Crippen LogP contribution in [0.4, 0.5) is 0 Å². The Hall–Kier alpha value is -2.04. The highest BCUT2D eigenvalue weighted by atomic mass is 16.5. The van der Waals surface area contributed by atoms with Crippen molar-refractivity contribution in [1.29, 1.82) is 0 Å². The lowest BCUT2D eigenvalue weighted by molar-refractivity contribution is 0.267. The Kier molecular flexibility index (Phi) is 5.81. The van der Waals surface area contributed by atoms with E-state index in [1.54, 1.807) is 7.11 Å². The number of aliphatic hydroxyl groups is 1. The van der Waals surface area contributed by atoms with E-state index in [2.05, 4.69) is 19.1 Å². The van der Waals surface area contributed by atoms with Crippen LogP contribution in [0.25, 0.3) is 0 Å². The summed E-state index contributed by atoms with van der Waals surface area (Å²) in [4.78, 5) is 0. The third-order valence-electron chi connectivity index (χ3n) is 3.66. The van der Waals surface area contributed by atoms with Crippen molar-refractivity contribution in [1.82, 2.24) is 0 Å². The van der Waals surface area contributed by atoms with Gasteiger partial charge in [0, 0.05) is 5.56 Å². The Morgan fingerprint density at radius 3 is 2.45 bits per heavy atom. The summed E-state index contributed by atoms with van der Waals surface area (Å²) in [5, 5.41) is 9.18. The number of nitrogens with two attached hydrogens (primary N) is 1. The normalized spacial score (nSPS) is 12.0. The van der Waals surface area contributed by atoms with Crippen LogP contribution in [0.5, 0.6) is 11.5 Å². The molecule has 0 spiro atoms. The van der Waals surface area contributed by atoms with Crippen molar-refractivity contribution in [2.75, 3.05) is 13.7 Å². The highest BCUT2D eigenvalue weighted by molar-refractivity contribution is 5.38. The van der Waals surface area contributed by atoms with Gasteiger partial charge in [-0.15, -0.1) is 0 Å². The molecule has 4 heteroatoms. The molecule has 0 heterocycles. The van der Waals surface area contributed by atoms with Gasteiger partial charge in [0.2, 0.25) is 0 Å². The molecule has 0 saturated heterocycles. The van der Waals surface area contributed by atoms with Gasteiger partial charge in [0.15, 0.2) is 0 Å². The number of aliphatic hydroxyl groups excluding tert-OH is 1. The topological polar surface area (TPSA) is 64.7 Å². The van der Waals surface area contributed by atoms with E-state index in [-0.39, 0.29) is 6.61 Å². The fourth-order valence-corrected chi connectivity index (χ4v) is 2.23. The zero-order chi connectivity index (χ0) is 15.9. The summed E-state index contributed by atoms with van der Waals surface area (Å²) in [5.74, 6) is 1.56. The second kappa shape index (κ2) is 7.82. The zero-order valence-corrected chi connectivity index (χ0v) is 13.1. The summed E-state index contributed by atoms with van der Waals surface area (Å²) in [5.41, 5.74) is 8.91. The van der Waals surface area contributed by atoms with Crippen LogP contribution in [0.15, 0.2) is 42.5 Å². The van der Waals surface area contributed by atoms with Crippen LogP contribution in [-0.4, -0.2) is 18.8 Å². The standard InChI is InChI=1S/C18H23NO3/c1-3-13-4-7-16(8-5-13)22-12-15-10-14(17(19)11-20)6-9-18(15)21-2/h4-10,17,20H,3,11-12,19H2,1-2H3/t17-/m0/s1. The quantitative estimate of drug-likeness (QED) is 0.825. The maximum atomic E-state index is 9.18. The first-order valence-electron chi connectivity index (χ1n) is 7.43. The van der Waals surface area contributed by atoms with Gasteiger partial charge in [0.05, 0.1) is 19.8 Å². The molecule has 0 aliphatic heterocycles. The van der Waals surface area contributed by atoms with Gasteiger partial charge in [-0.1, -0.05) is 25.1 Å². The van der Waals surface area contributed by atoms with Crippen LogP contribution in [0.1, 0.15) is 29.7 Å². The molecular formula is C18H23NO3. The van der Waals surface area contributed by atoms with Crippen molar-refractivity contribution < 1.29 is 14.6 Å². The SMILES string of the molecule is CCc1ccc(OCc2cc([C@@H](N)CO)ccc2OC)cc1. The highest BCUT2D eigenvalue weighted by Gasteiger charge is 2.10. The number of aryl methyl sites for hydroxylation is 1. The summed E-state index contributed by atoms with van der Waals surface area (Å²) >= 11 is 0. The maximum Gasteiger partial charge on any atom is 0.125 e. The van der Waals surface area contributed by atoms with E-state index in [0.717, 1.165) is 29.0 Å². The van der Waals surface area contributed by atoms with E-state index in [4.69, 9.17) is 15.2 Å². The predicted octanol–water partition coefficient (Wildman–Crippen LogP) is 2.83. The fourth-order valence-electron chi connectivity index (χ4n) is 2.23. The molecule has 0 unspecified atom stereocenters. The third-order valence-corrected chi connectivity index (χ3v) is 3.66. The van der Waals surface area contributed by atoms with E-state index in [0.29, 0.717) is 6.61 Å². The van der Waals surface area contributed by atoms with Crippen molar-refractivity contribution in [3.63, 3.8) is 0 Å². The van der Waals surface area contributed by atoms with Crippen molar-refractivity contribution in [2.45, 2.75) is 26.0 Å². The second-order valence-electron chi connectivity index (χ2n) is 5.15. The first kappa shape index (κ1) is 16.3. The van der Waals surface area contributed by atoms with E-state index in [1.165, 1.54) is 5.56 Å². The molecule has 0 saturated carbocycles. The average molecular weight is 301 g/mol. The fraction of sp³-hybridized carbons (Fsp3) is 0.333. The van der Waals surface area contributed by atoms with E-state index < -0.39 is 6.04 Å². The molecule has 2 aromatic carbocycles. The second-order valence-corrected chi connectivity index (χ2v) is 5.15. The van der Waals surface area contributed by atoms with Crippen LogP contribution in [0.3, 0.4) is 0 Å². The van der Waals surface area contributed by atoms with E-state index in [9.17, 15) is 5.11 Å². The monoisotopic (exact) mass is 301 g/mol. The molecule has 0 aliphatic rings. The van der Waals surface area contributed by atoms with Crippen LogP contribution in [0.2, 0.25) is 0 Å². The van der Waals surface area contributed by atoms with Gasteiger partial charge in [-0.2, -0.15) is 0 Å². The van der Waals surface area contributed by atoms with Gasteiger partial charge in [0.25, 0.3) is 0 Å². The van der Waals surface area contributed by atoms with E-state index >= 15 is 0 Å². The van der Waals surface area contributed by atoms with Gasteiger partial charge in [-0.25, -0.2) is 0 Å². The highest BCUT2D eigenvalue weighted by Crippen LogP contribution is 2.24. The van der Waals surface area contributed by atoms with Gasteiger partial charge in [0.1, 0.15) is 18.1 Å². The maximum absolute atomic E-state index is 9.18. The molecule has 4 nitrogen and oxygen atoms in total. The number of methoxy groups -OCH3 is 1. The lowest BCUT2D eigenvalue weighted by Crippen LogP contribution is -2.15. The Morgan fingerprint density at radius 1 is 1.14 bits per heavy atom. The average Bonchev–Trinajstić information content (AvgIpc) is 2.59. The lowest BCUT2D eigenvalue weighted by Gasteiger charge is -2.14. The predicted molar refractivity (Wildman–Crippen MR) is 87.2 cm³/mol. The largest absolute Gasteiger partial charge is 0.496 e. The lowest BCUT2D eigenvalue weighted by atomic mass is 10.0. The third kappa shape index (κ3) is 4.00. The van der Waals surface area contributed by atoms with E-state index in [1.807, 2.05) is 30.3 Å². The molecule has 3 N–H and O–H groups in total. The molecule has 0 radical (unpaired) electrons. The molecule has 118 valence electrons. The minimum absolute atomic E-state index is 0.0922. The van der Waals surface area contributed by atoms with Gasteiger partial charge < -0.3 is 20.3 Å². The van der Waals surface area contributed by atoms with Crippen molar-refractivity contribution in [2.24, 2.45) is 5.73 Å². The Labute approximate surface area is 131 Å². The zero-order valence-electron chi connectivity index (χ0n) is 13.1. The van der Waals surface area contributed by atoms with Crippen molar-refractivity contribution in [3.8, 4) is 11.5 Å². The molecule has 22 heavy (non-hydrogen) atoms. The molecule has 0 bridgehead atoms. The molecule has 0 aliphatic carbocycles. The molecule has 0 amide bonds. The summed E-state index contributed by atoms with van der Waals surface area (Å²) in [6, 6.07) is 13.3. The smallest absolute Gasteiger partial charge is 0.125 e. The van der Waals surface area contributed by atoms with Gasteiger partial charge in [-0.3, -0.25) is 0 Å². The molecule has 0 aromatic heterocycles. The van der Waals surface area contributed by atoms with Crippen molar-refractivity contribution >= 4 is 0 Å². The molecule has 0 fully saturated rings. The molecule has 2 rings (SSSR count). The number of benzene rings is 2.